The van der Waals surface area contributed by atoms with Crippen LogP contribution in [-0.2, 0) is 0 Å². The molecule has 2 aliphatic rings. The summed E-state index contributed by atoms with van der Waals surface area (Å²) in [5, 5.41) is 71.2. The summed E-state index contributed by atoms with van der Waals surface area (Å²) in [5.41, 5.74) is -2.85. The van der Waals surface area contributed by atoms with Gasteiger partial charge >= 0.3 is 17.6 Å². The molecule has 36 heavy (non-hydrogen) atoms. The molecule has 11 nitrogen and oxygen atoms in total. The molecule has 0 saturated heterocycles. The number of benzene rings is 2. The first kappa shape index (κ1) is 26.3. The number of hydrogen-bond acceptors (Lipinski definition) is 11. The molecule has 0 spiro atoms. The van der Waals surface area contributed by atoms with Crippen LogP contribution < -0.4 is 9.80 Å². The number of aliphatic hydroxyl groups is 6. The number of halogens is 5. The van der Waals surface area contributed by atoms with Crippen LogP contribution in [0.15, 0.2) is 33.7 Å². The van der Waals surface area contributed by atoms with Gasteiger partial charge in [-0.15, -0.1) is 0 Å². The molecule has 2 heterocycles. The van der Waals surface area contributed by atoms with E-state index in [1.165, 1.54) is 0 Å². The fourth-order valence-electron chi connectivity index (χ4n) is 3.85. The maximum atomic E-state index is 13.8. The third-order valence-corrected chi connectivity index (χ3v) is 6.48. The second-order valence-electron chi connectivity index (χ2n) is 7.73. The molecule has 16 heteroatoms. The smallest absolute Gasteiger partial charge is 0.332 e. The lowest BCUT2D eigenvalue weighted by atomic mass is 9.95. The molecular weight excluding hydrogens is 581 g/mol. The summed E-state index contributed by atoms with van der Waals surface area (Å²) >= 11 is 9.05. The van der Waals surface area contributed by atoms with Gasteiger partial charge in [0.25, 0.3) is 6.43 Å². The highest BCUT2D eigenvalue weighted by molar-refractivity contribution is 9.10. The third-order valence-electron chi connectivity index (χ3n) is 5.52. The van der Waals surface area contributed by atoms with Crippen molar-refractivity contribution in [2.45, 2.75) is 24.0 Å². The van der Waals surface area contributed by atoms with Crippen molar-refractivity contribution in [3.05, 3.63) is 56.3 Å². The maximum Gasteiger partial charge on any atom is 0.332 e. The van der Waals surface area contributed by atoms with Crippen molar-refractivity contribution in [2.24, 2.45) is 4.99 Å². The number of carbonyl (C=O) groups excluding carboxylic acids is 1. The van der Waals surface area contributed by atoms with Gasteiger partial charge < -0.3 is 35.5 Å². The number of aliphatic imine (C=N–C) groups is 1. The number of rotatable bonds is 4. The number of anilines is 2. The van der Waals surface area contributed by atoms with Crippen LogP contribution >= 0.6 is 27.5 Å². The summed E-state index contributed by atoms with van der Waals surface area (Å²) in [5.74, 6) is -15.3. The summed E-state index contributed by atoms with van der Waals surface area (Å²) in [7, 11) is 0. The molecule has 0 aromatic heterocycles. The Morgan fingerprint density at radius 1 is 1.19 bits per heavy atom. The highest BCUT2D eigenvalue weighted by Gasteiger charge is 2.71. The number of nitriles is 1. The minimum Gasteiger partial charge on any atom is -0.354 e. The summed E-state index contributed by atoms with van der Waals surface area (Å²) in [6.45, 7) is -1.25. The van der Waals surface area contributed by atoms with E-state index in [4.69, 9.17) is 11.6 Å². The molecule has 0 unspecified atom stereocenters. The summed E-state index contributed by atoms with van der Waals surface area (Å²) in [4.78, 5) is 17.1. The van der Waals surface area contributed by atoms with E-state index in [0.717, 1.165) is 24.3 Å². The largest absolute Gasteiger partial charge is 0.354 e. The van der Waals surface area contributed by atoms with E-state index in [-0.39, 0.29) is 14.4 Å². The number of nitrogens with zero attached hydrogens (tertiary/aromatic N) is 4. The summed E-state index contributed by atoms with van der Waals surface area (Å²) in [6.07, 6.45) is -3.13. The zero-order valence-corrected chi connectivity index (χ0v) is 19.7. The molecule has 190 valence electrons. The Kier molecular flexibility index (Phi) is 6.10. The molecule has 2 aromatic rings. The van der Waals surface area contributed by atoms with E-state index in [1.807, 2.05) is 0 Å². The van der Waals surface area contributed by atoms with Crippen molar-refractivity contribution in [3.8, 4) is 6.07 Å². The topological polar surface area (TPSA) is 181 Å². The monoisotopic (exact) mass is 592 g/mol. The molecule has 2 aliphatic heterocycles. The second-order valence-corrected chi connectivity index (χ2v) is 8.99. The SMILES string of the molecule is N#Cc1c(C(=O)c2cc(F)ccc2Cl)c(Br)cc2c1N1C(=NC(O)(O)C(O)(O)C1(O)O)N2CC(F)F. The van der Waals surface area contributed by atoms with Gasteiger partial charge in [-0.05, 0) is 40.2 Å². The number of carbonyl (C=O) groups is 1. The van der Waals surface area contributed by atoms with Crippen LogP contribution in [0.25, 0.3) is 0 Å². The van der Waals surface area contributed by atoms with Gasteiger partial charge in [0.2, 0.25) is 5.96 Å². The van der Waals surface area contributed by atoms with Gasteiger partial charge in [0.1, 0.15) is 11.9 Å². The van der Waals surface area contributed by atoms with Crippen molar-refractivity contribution in [1.29, 1.82) is 5.26 Å². The lowest BCUT2D eigenvalue weighted by Gasteiger charge is -2.48. The van der Waals surface area contributed by atoms with Gasteiger partial charge in [-0.25, -0.2) is 13.2 Å². The van der Waals surface area contributed by atoms with Gasteiger partial charge in [0.15, 0.2) is 5.78 Å². The lowest BCUT2D eigenvalue weighted by Crippen LogP contribution is -2.78. The molecule has 0 atom stereocenters. The van der Waals surface area contributed by atoms with Crippen molar-refractivity contribution in [3.63, 3.8) is 0 Å². The molecule has 0 fully saturated rings. The Morgan fingerprint density at radius 2 is 1.83 bits per heavy atom. The summed E-state index contributed by atoms with van der Waals surface area (Å²) in [6, 6.07) is 5.39. The van der Waals surface area contributed by atoms with E-state index >= 15 is 0 Å². The van der Waals surface area contributed by atoms with Gasteiger partial charge in [-0.3, -0.25) is 9.69 Å². The van der Waals surface area contributed by atoms with Crippen LogP contribution in [0.4, 0.5) is 24.5 Å². The van der Waals surface area contributed by atoms with Crippen LogP contribution in [0.3, 0.4) is 0 Å². The number of ketones is 1. The van der Waals surface area contributed by atoms with Crippen LogP contribution in [0.2, 0.25) is 5.02 Å². The fraction of sp³-hybridized carbons (Fsp3) is 0.250. The molecule has 0 saturated carbocycles. The number of guanidine groups is 1. The van der Waals surface area contributed by atoms with Gasteiger partial charge in [-0.2, -0.15) is 10.3 Å². The molecule has 2 aromatic carbocycles. The number of alkyl halides is 2. The van der Waals surface area contributed by atoms with Crippen molar-refractivity contribution < 1.29 is 48.6 Å². The van der Waals surface area contributed by atoms with Crippen LogP contribution in [-0.4, -0.2) is 73.0 Å². The van der Waals surface area contributed by atoms with Crippen molar-refractivity contribution >= 4 is 50.6 Å². The van der Waals surface area contributed by atoms with E-state index in [2.05, 4.69) is 20.9 Å². The average molecular weight is 594 g/mol. The Labute approximate surface area is 212 Å². The van der Waals surface area contributed by atoms with Crippen LogP contribution in [0.1, 0.15) is 21.5 Å². The van der Waals surface area contributed by atoms with Crippen molar-refractivity contribution in [1.82, 2.24) is 0 Å². The van der Waals surface area contributed by atoms with Crippen LogP contribution in [0.5, 0.6) is 0 Å². The Balaban J connectivity index is 2.07. The van der Waals surface area contributed by atoms with Gasteiger partial charge in [0.05, 0.1) is 34.1 Å². The predicted molar refractivity (Wildman–Crippen MR) is 118 cm³/mol. The third kappa shape index (κ3) is 3.57. The molecule has 0 amide bonds. The summed E-state index contributed by atoms with van der Waals surface area (Å²) < 4.78 is 40.5. The zero-order valence-electron chi connectivity index (χ0n) is 17.4. The molecule has 0 bridgehead atoms. The molecule has 6 N–H and O–H groups in total. The minimum atomic E-state index is -4.27. The first-order valence-corrected chi connectivity index (χ1v) is 10.8. The Hall–Kier alpha value is -2.81. The van der Waals surface area contributed by atoms with E-state index in [0.29, 0.717) is 4.90 Å². The van der Waals surface area contributed by atoms with E-state index in [9.17, 15) is 53.9 Å². The zero-order chi connectivity index (χ0) is 27.0. The van der Waals surface area contributed by atoms with Gasteiger partial charge in [-0.1, -0.05) is 11.6 Å². The highest BCUT2D eigenvalue weighted by Crippen LogP contribution is 2.51. The number of hydrogen-bond donors (Lipinski definition) is 6. The van der Waals surface area contributed by atoms with Crippen LogP contribution in [0, 0.1) is 17.1 Å². The lowest BCUT2D eigenvalue weighted by molar-refractivity contribution is -0.450. The predicted octanol–water partition coefficient (Wildman–Crippen LogP) is 0.563. The quantitative estimate of drug-likeness (QED) is 0.217. The molecular formula is C20H13BrClF3N4O7. The molecule has 0 radical (unpaired) electrons. The molecule has 4 rings (SSSR count). The first-order valence-electron chi connectivity index (χ1n) is 9.63. The second kappa shape index (κ2) is 8.36. The standard InChI is InChI=1S/C20H13BrClF3N4O7/c21-10-4-12-15(9(5-26)14(10)16(30)8-3-7(23)1-2-11(8)22)29-17(28(12)6-13(24)25)27-19(33,34)18(31,32)20(29,35)36/h1-4,13,31-36H,6H2. The number of fused-ring (bicyclic) bond motifs is 3. The fourth-order valence-corrected chi connectivity index (χ4v) is 4.64. The normalized spacial score (nSPS) is 19.0. The van der Waals surface area contributed by atoms with Gasteiger partial charge in [0, 0.05) is 10.0 Å². The Bertz CT molecular complexity index is 1380. The maximum absolute atomic E-state index is 13.8. The highest BCUT2D eigenvalue weighted by atomic mass is 79.9. The average Bonchev–Trinajstić information content (AvgIpc) is 3.05. The Morgan fingerprint density at radius 3 is 2.42 bits per heavy atom. The molecule has 0 aliphatic carbocycles. The first-order chi connectivity index (χ1) is 16.6. The van der Waals surface area contributed by atoms with E-state index in [1.54, 1.807) is 6.07 Å². The van der Waals surface area contributed by atoms with E-state index < -0.39 is 76.2 Å². The minimum absolute atomic E-state index is 0.0738. The van der Waals surface area contributed by atoms with Crippen molar-refractivity contribution in [2.75, 3.05) is 16.3 Å².